The second kappa shape index (κ2) is 4.13. The maximum absolute atomic E-state index is 5.89. The molecule has 0 aromatic heterocycles. The van der Waals surface area contributed by atoms with E-state index in [-0.39, 0.29) is 0 Å². The second-order valence-corrected chi connectivity index (χ2v) is 4.96. The third-order valence-electron chi connectivity index (χ3n) is 3.48. The van der Waals surface area contributed by atoms with Crippen molar-refractivity contribution in [2.75, 3.05) is 17.6 Å². The third-order valence-corrected chi connectivity index (χ3v) is 3.48. The summed E-state index contributed by atoms with van der Waals surface area (Å²) in [6, 6.07) is 7.99. The predicted octanol–water partition coefficient (Wildman–Crippen LogP) is 3.26. The molecule has 82 valence electrons. The van der Waals surface area contributed by atoms with Crippen molar-refractivity contribution in [1.82, 2.24) is 0 Å². The van der Waals surface area contributed by atoms with Crippen LogP contribution in [0, 0.1) is 5.41 Å². The number of nitrogens with one attached hydrogen (secondary N) is 1. The topological polar surface area (TPSA) is 38.0 Å². The first-order chi connectivity index (χ1) is 7.20. The van der Waals surface area contributed by atoms with Gasteiger partial charge in [0, 0.05) is 6.54 Å². The summed E-state index contributed by atoms with van der Waals surface area (Å²) >= 11 is 0. The summed E-state index contributed by atoms with van der Waals surface area (Å²) in [4.78, 5) is 0. The summed E-state index contributed by atoms with van der Waals surface area (Å²) < 4.78 is 0. The molecule has 1 aromatic rings. The summed E-state index contributed by atoms with van der Waals surface area (Å²) in [6.07, 6.45) is 5.43. The average Bonchev–Trinajstić information content (AvgIpc) is 2.65. The first kappa shape index (κ1) is 10.3. The van der Waals surface area contributed by atoms with Crippen LogP contribution in [0.25, 0.3) is 0 Å². The lowest BCUT2D eigenvalue weighted by molar-refractivity contribution is 0.362. The van der Waals surface area contributed by atoms with E-state index in [9.17, 15) is 0 Å². The van der Waals surface area contributed by atoms with E-state index in [0.29, 0.717) is 5.41 Å². The molecule has 1 aliphatic carbocycles. The van der Waals surface area contributed by atoms with Crippen LogP contribution in [0.3, 0.4) is 0 Å². The minimum atomic E-state index is 0.474. The molecule has 0 amide bonds. The molecule has 3 N–H and O–H groups in total. The van der Waals surface area contributed by atoms with Crippen molar-refractivity contribution in [1.29, 1.82) is 0 Å². The predicted molar refractivity (Wildman–Crippen MR) is 65.9 cm³/mol. The molecule has 0 bridgehead atoms. The van der Waals surface area contributed by atoms with Crippen LogP contribution in [0.5, 0.6) is 0 Å². The molecule has 0 aliphatic heterocycles. The molecule has 2 nitrogen and oxygen atoms in total. The van der Waals surface area contributed by atoms with Gasteiger partial charge in [0.1, 0.15) is 0 Å². The van der Waals surface area contributed by atoms with Gasteiger partial charge in [-0.1, -0.05) is 31.9 Å². The van der Waals surface area contributed by atoms with Gasteiger partial charge in [-0.05, 0) is 30.4 Å². The molecule has 1 aromatic carbocycles. The quantitative estimate of drug-likeness (QED) is 0.742. The third kappa shape index (κ3) is 2.44. The van der Waals surface area contributed by atoms with Crippen LogP contribution < -0.4 is 11.1 Å². The molecule has 1 saturated carbocycles. The molecule has 0 radical (unpaired) electrons. The molecule has 1 aliphatic rings. The van der Waals surface area contributed by atoms with Gasteiger partial charge < -0.3 is 11.1 Å². The van der Waals surface area contributed by atoms with Crippen LogP contribution in [0.4, 0.5) is 11.4 Å². The van der Waals surface area contributed by atoms with Crippen molar-refractivity contribution in [3.8, 4) is 0 Å². The lowest BCUT2D eigenvalue weighted by atomic mass is 9.89. The first-order valence-corrected chi connectivity index (χ1v) is 5.78. The monoisotopic (exact) mass is 204 g/mol. The van der Waals surface area contributed by atoms with Gasteiger partial charge in [-0.25, -0.2) is 0 Å². The summed E-state index contributed by atoms with van der Waals surface area (Å²) in [6.45, 7) is 3.41. The molecular weight excluding hydrogens is 184 g/mol. The molecule has 0 atom stereocenters. The van der Waals surface area contributed by atoms with Crippen LogP contribution in [0.2, 0.25) is 0 Å². The minimum absolute atomic E-state index is 0.474. The molecule has 0 heterocycles. The average molecular weight is 204 g/mol. The highest BCUT2D eigenvalue weighted by molar-refractivity contribution is 5.65. The number of nitrogen functional groups attached to an aromatic ring is 1. The van der Waals surface area contributed by atoms with Crippen molar-refractivity contribution in [2.45, 2.75) is 32.6 Å². The Bertz CT molecular complexity index is 327. The summed E-state index contributed by atoms with van der Waals surface area (Å²) in [5.74, 6) is 0. The van der Waals surface area contributed by atoms with E-state index in [1.807, 2.05) is 24.3 Å². The molecule has 1 fully saturated rings. The van der Waals surface area contributed by atoms with Crippen molar-refractivity contribution >= 4 is 11.4 Å². The van der Waals surface area contributed by atoms with Gasteiger partial charge in [0.25, 0.3) is 0 Å². The van der Waals surface area contributed by atoms with E-state index in [1.54, 1.807) is 0 Å². The smallest absolute Gasteiger partial charge is 0.0574 e. The molecule has 2 heteroatoms. The summed E-state index contributed by atoms with van der Waals surface area (Å²) in [5.41, 5.74) is 8.28. The standard InChI is InChI=1S/C13H20N2/c1-13(8-4-5-9-13)10-15-12-7-3-2-6-11(12)14/h2-3,6-7,15H,4-5,8-10,14H2,1H3. The molecule has 0 unspecified atom stereocenters. The Morgan fingerprint density at radius 3 is 2.60 bits per heavy atom. The van der Waals surface area contributed by atoms with Crippen LogP contribution >= 0.6 is 0 Å². The number of para-hydroxylation sites is 2. The zero-order chi connectivity index (χ0) is 10.7. The van der Waals surface area contributed by atoms with Crippen molar-refractivity contribution in [3.63, 3.8) is 0 Å². The Labute approximate surface area is 91.9 Å². The number of benzene rings is 1. The number of hydrogen-bond donors (Lipinski definition) is 2. The zero-order valence-electron chi connectivity index (χ0n) is 9.42. The van der Waals surface area contributed by atoms with Crippen molar-refractivity contribution in [3.05, 3.63) is 24.3 Å². The van der Waals surface area contributed by atoms with Crippen molar-refractivity contribution < 1.29 is 0 Å². The summed E-state index contributed by atoms with van der Waals surface area (Å²) in [5, 5.41) is 3.47. The maximum atomic E-state index is 5.89. The number of nitrogens with two attached hydrogens (primary N) is 1. The largest absolute Gasteiger partial charge is 0.397 e. The lowest BCUT2D eigenvalue weighted by Gasteiger charge is -2.24. The highest BCUT2D eigenvalue weighted by atomic mass is 14.9. The van der Waals surface area contributed by atoms with Crippen molar-refractivity contribution in [2.24, 2.45) is 5.41 Å². The Hall–Kier alpha value is -1.18. The fraction of sp³-hybridized carbons (Fsp3) is 0.538. The van der Waals surface area contributed by atoms with Crippen LogP contribution in [0.15, 0.2) is 24.3 Å². The van der Waals surface area contributed by atoms with Gasteiger partial charge in [0.15, 0.2) is 0 Å². The first-order valence-electron chi connectivity index (χ1n) is 5.78. The Morgan fingerprint density at radius 1 is 1.27 bits per heavy atom. The zero-order valence-corrected chi connectivity index (χ0v) is 9.42. The highest BCUT2D eigenvalue weighted by Crippen LogP contribution is 2.37. The van der Waals surface area contributed by atoms with E-state index in [2.05, 4.69) is 12.2 Å². The highest BCUT2D eigenvalue weighted by Gasteiger charge is 2.28. The number of rotatable bonds is 3. The van der Waals surface area contributed by atoms with Crippen LogP contribution in [-0.4, -0.2) is 6.54 Å². The minimum Gasteiger partial charge on any atom is -0.397 e. The normalized spacial score (nSPS) is 19.0. The number of hydrogen-bond acceptors (Lipinski definition) is 2. The van der Waals surface area contributed by atoms with Gasteiger partial charge in [-0.2, -0.15) is 0 Å². The van der Waals surface area contributed by atoms with E-state index >= 15 is 0 Å². The van der Waals surface area contributed by atoms with Gasteiger partial charge >= 0.3 is 0 Å². The van der Waals surface area contributed by atoms with E-state index in [0.717, 1.165) is 17.9 Å². The molecular formula is C13H20N2. The fourth-order valence-corrected chi connectivity index (χ4v) is 2.37. The SMILES string of the molecule is CC1(CNc2ccccc2N)CCCC1. The molecule has 0 saturated heterocycles. The summed E-state index contributed by atoms with van der Waals surface area (Å²) in [7, 11) is 0. The van der Waals surface area contributed by atoms with Gasteiger partial charge in [0.2, 0.25) is 0 Å². The fourth-order valence-electron chi connectivity index (χ4n) is 2.37. The lowest BCUT2D eigenvalue weighted by Crippen LogP contribution is -2.23. The van der Waals surface area contributed by atoms with Gasteiger partial charge in [-0.15, -0.1) is 0 Å². The Balaban J connectivity index is 1.95. The van der Waals surface area contributed by atoms with Gasteiger partial charge in [0.05, 0.1) is 11.4 Å². The molecule has 0 spiro atoms. The molecule has 2 rings (SSSR count). The van der Waals surface area contributed by atoms with Crippen LogP contribution in [0.1, 0.15) is 32.6 Å². The van der Waals surface area contributed by atoms with E-state index in [4.69, 9.17) is 5.73 Å². The Kier molecular flexibility index (Phi) is 2.85. The van der Waals surface area contributed by atoms with E-state index in [1.165, 1.54) is 25.7 Å². The maximum Gasteiger partial charge on any atom is 0.0574 e. The Morgan fingerprint density at radius 2 is 1.93 bits per heavy atom. The number of anilines is 2. The van der Waals surface area contributed by atoms with Crippen LogP contribution in [-0.2, 0) is 0 Å². The van der Waals surface area contributed by atoms with E-state index < -0.39 is 0 Å². The second-order valence-electron chi connectivity index (χ2n) is 4.96. The molecule has 15 heavy (non-hydrogen) atoms. The van der Waals surface area contributed by atoms with Gasteiger partial charge in [-0.3, -0.25) is 0 Å².